The molecule has 0 saturated heterocycles. The summed E-state index contributed by atoms with van der Waals surface area (Å²) < 4.78 is 0. The van der Waals surface area contributed by atoms with Gasteiger partial charge >= 0.3 is 0 Å². The molecule has 0 fully saturated rings. The van der Waals surface area contributed by atoms with Gasteiger partial charge in [-0.3, -0.25) is 0 Å². The van der Waals surface area contributed by atoms with Gasteiger partial charge in [0.05, 0.1) is 6.57 Å². The topological polar surface area (TPSA) is 81.7 Å². The van der Waals surface area contributed by atoms with Crippen molar-refractivity contribution in [1.29, 1.82) is 0 Å². The Balaban J connectivity index is 1.07. The molecule has 2 aromatic heterocycles. The van der Waals surface area contributed by atoms with Crippen LogP contribution in [0.2, 0.25) is 0 Å². The van der Waals surface area contributed by atoms with Crippen molar-refractivity contribution >= 4 is 5.69 Å². The molecule has 0 aliphatic heterocycles. The molecular weight excluding hydrogens is 687 g/mol. The minimum Gasteiger partial charge on any atom is -0.237 e. The number of hydrogen-bond donors (Lipinski definition) is 0. The Bertz CT molecular complexity index is 2840. The van der Waals surface area contributed by atoms with Crippen LogP contribution in [0.25, 0.3) is 95.4 Å². The summed E-state index contributed by atoms with van der Waals surface area (Å²) in [7, 11) is 0. The highest BCUT2D eigenvalue weighted by atomic mass is 15.0. The van der Waals surface area contributed by atoms with Gasteiger partial charge in [0.25, 0.3) is 0 Å². The summed E-state index contributed by atoms with van der Waals surface area (Å²) >= 11 is 0. The molecule has 0 bridgehead atoms. The predicted molar refractivity (Wildman–Crippen MR) is 223 cm³/mol. The third kappa shape index (κ3) is 7.06. The summed E-state index contributed by atoms with van der Waals surface area (Å²) in [5.74, 6) is 3.32. The van der Waals surface area contributed by atoms with Gasteiger partial charge in [0, 0.05) is 33.4 Å². The highest BCUT2D eigenvalue weighted by Gasteiger charge is 2.16. The molecule has 7 nitrogen and oxygen atoms in total. The van der Waals surface area contributed by atoms with Crippen LogP contribution in [0.4, 0.5) is 5.69 Å². The van der Waals surface area contributed by atoms with E-state index < -0.39 is 0 Å². The molecule has 0 aliphatic rings. The van der Waals surface area contributed by atoms with Gasteiger partial charge in [0.2, 0.25) is 0 Å². The van der Waals surface area contributed by atoms with Gasteiger partial charge in [-0.25, -0.2) is 34.7 Å². The molecule has 7 aromatic carbocycles. The first-order chi connectivity index (χ1) is 27.7. The van der Waals surface area contributed by atoms with Crippen molar-refractivity contribution in [3.8, 4) is 90.6 Å². The molecule has 0 amide bonds. The van der Waals surface area contributed by atoms with Crippen LogP contribution in [-0.4, -0.2) is 29.9 Å². The zero-order valence-corrected chi connectivity index (χ0v) is 30.0. The third-order valence-electron chi connectivity index (χ3n) is 9.45. The molecule has 0 spiro atoms. The fourth-order valence-electron chi connectivity index (χ4n) is 6.54. The minimum absolute atomic E-state index is 0.455. The van der Waals surface area contributed by atoms with Gasteiger partial charge in [0.1, 0.15) is 0 Å². The van der Waals surface area contributed by atoms with Gasteiger partial charge in [-0.2, -0.15) is 0 Å². The molecule has 0 radical (unpaired) electrons. The Morgan fingerprint density at radius 3 is 1.09 bits per heavy atom. The van der Waals surface area contributed by atoms with E-state index in [4.69, 9.17) is 36.5 Å². The summed E-state index contributed by atoms with van der Waals surface area (Å²) in [4.78, 5) is 33.2. The number of hydrogen-bond acceptors (Lipinski definition) is 6. The molecule has 0 unspecified atom stereocenters. The molecule has 0 atom stereocenters. The van der Waals surface area contributed by atoms with Gasteiger partial charge in [0.15, 0.2) is 40.6 Å². The number of rotatable bonds is 8. The van der Waals surface area contributed by atoms with Crippen molar-refractivity contribution in [3.63, 3.8) is 0 Å². The Morgan fingerprint density at radius 2 is 0.589 bits per heavy atom. The van der Waals surface area contributed by atoms with E-state index >= 15 is 0 Å². The lowest BCUT2D eigenvalue weighted by Crippen LogP contribution is -2.00. The van der Waals surface area contributed by atoms with Crippen molar-refractivity contribution in [2.45, 2.75) is 0 Å². The van der Waals surface area contributed by atoms with Crippen molar-refractivity contribution < 1.29 is 0 Å². The van der Waals surface area contributed by atoms with E-state index in [9.17, 15) is 0 Å². The van der Waals surface area contributed by atoms with Crippen molar-refractivity contribution in [2.75, 3.05) is 0 Å². The van der Waals surface area contributed by atoms with Crippen LogP contribution in [0.15, 0.2) is 188 Å². The lowest BCUT2D eigenvalue weighted by molar-refractivity contribution is 1.07. The van der Waals surface area contributed by atoms with Crippen LogP contribution in [-0.2, 0) is 0 Å². The Kier molecular flexibility index (Phi) is 9.18. The monoisotopic (exact) mass is 717 g/mol. The maximum atomic E-state index is 7.72. The standard InChI is InChI=1S/C49H31N7/c1-50-43-23-12-11-22-42(43)49-55-45(37-18-9-4-10-19-37)52-47(56-49)39-30-26-35(27-31-39)40-20-13-21-41(32-40)48-53-44(36-16-7-3-8-17-36)51-46(54-48)38-28-24-34(25-29-38)33-14-5-2-6-15-33/h2-32H. The summed E-state index contributed by atoms with van der Waals surface area (Å²) in [6, 6.07) is 62.3. The average Bonchev–Trinajstić information content (AvgIpc) is 3.29. The molecule has 7 heteroatoms. The van der Waals surface area contributed by atoms with E-state index in [1.54, 1.807) is 6.07 Å². The second-order valence-corrected chi connectivity index (χ2v) is 13.1. The van der Waals surface area contributed by atoms with Gasteiger partial charge < -0.3 is 0 Å². The second kappa shape index (κ2) is 15.2. The Morgan fingerprint density at radius 1 is 0.268 bits per heavy atom. The first kappa shape index (κ1) is 33.9. The quantitative estimate of drug-likeness (QED) is 0.146. The van der Waals surface area contributed by atoms with Crippen LogP contribution >= 0.6 is 0 Å². The molecule has 0 aliphatic carbocycles. The van der Waals surface area contributed by atoms with Crippen LogP contribution in [0.3, 0.4) is 0 Å². The Labute approximate surface area is 324 Å². The van der Waals surface area contributed by atoms with Gasteiger partial charge in [-0.1, -0.05) is 182 Å². The maximum Gasteiger partial charge on any atom is 0.198 e. The van der Waals surface area contributed by atoms with Crippen molar-refractivity contribution in [1.82, 2.24) is 29.9 Å². The van der Waals surface area contributed by atoms with E-state index in [1.165, 1.54) is 0 Å². The largest absolute Gasteiger partial charge is 0.237 e. The van der Waals surface area contributed by atoms with E-state index in [0.717, 1.165) is 50.1 Å². The van der Waals surface area contributed by atoms with Crippen molar-refractivity contribution in [2.24, 2.45) is 0 Å². The smallest absolute Gasteiger partial charge is 0.198 e. The molecule has 9 aromatic rings. The fraction of sp³-hybridized carbons (Fsp3) is 0. The van der Waals surface area contributed by atoms with E-state index in [0.29, 0.717) is 46.2 Å². The van der Waals surface area contributed by atoms with Gasteiger partial charge in [-0.15, -0.1) is 0 Å². The molecule has 2 heterocycles. The molecule has 56 heavy (non-hydrogen) atoms. The maximum absolute atomic E-state index is 7.72. The average molecular weight is 718 g/mol. The van der Waals surface area contributed by atoms with E-state index in [2.05, 4.69) is 65.5 Å². The van der Waals surface area contributed by atoms with Crippen LogP contribution in [0.1, 0.15) is 0 Å². The Hall–Kier alpha value is -7.95. The number of benzene rings is 7. The summed E-state index contributed by atoms with van der Waals surface area (Å²) in [6.07, 6.45) is 0. The zero-order valence-electron chi connectivity index (χ0n) is 30.0. The fourth-order valence-corrected chi connectivity index (χ4v) is 6.54. The SMILES string of the molecule is [C-]#[N+]c1ccccc1-c1nc(-c2ccccc2)nc(-c2ccc(-c3cccc(-c4nc(-c5ccccc5)nc(-c5ccc(-c6ccccc6)cc5)n4)c3)cc2)n1. The molecule has 0 saturated carbocycles. The van der Waals surface area contributed by atoms with Crippen LogP contribution < -0.4 is 0 Å². The highest BCUT2D eigenvalue weighted by molar-refractivity contribution is 5.78. The first-order valence-corrected chi connectivity index (χ1v) is 18.2. The predicted octanol–water partition coefficient (Wildman–Crippen LogP) is 11.9. The number of aromatic nitrogens is 6. The van der Waals surface area contributed by atoms with Crippen LogP contribution in [0, 0.1) is 6.57 Å². The molecule has 9 rings (SSSR count). The number of nitrogens with zero attached hydrogens (tertiary/aromatic N) is 7. The molecule has 0 N–H and O–H groups in total. The minimum atomic E-state index is 0.455. The van der Waals surface area contributed by atoms with Crippen molar-refractivity contribution in [3.05, 3.63) is 199 Å². The normalized spacial score (nSPS) is 10.8. The second-order valence-electron chi connectivity index (χ2n) is 13.1. The molecule has 262 valence electrons. The third-order valence-corrected chi connectivity index (χ3v) is 9.45. The lowest BCUT2D eigenvalue weighted by Gasteiger charge is -2.11. The molecular formula is C49H31N7. The lowest BCUT2D eigenvalue weighted by atomic mass is 10.0. The highest BCUT2D eigenvalue weighted by Crippen LogP contribution is 2.33. The number of para-hydroxylation sites is 1. The summed E-state index contributed by atoms with van der Waals surface area (Å²) in [6.45, 7) is 7.72. The van der Waals surface area contributed by atoms with E-state index in [-0.39, 0.29) is 0 Å². The van der Waals surface area contributed by atoms with Gasteiger partial charge in [-0.05, 0) is 28.3 Å². The van der Waals surface area contributed by atoms with E-state index in [1.807, 2.05) is 121 Å². The van der Waals surface area contributed by atoms with Crippen LogP contribution in [0.5, 0.6) is 0 Å². The first-order valence-electron chi connectivity index (χ1n) is 18.2. The summed E-state index contributed by atoms with van der Waals surface area (Å²) in [5, 5.41) is 0. The zero-order chi connectivity index (χ0) is 37.7. The summed E-state index contributed by atoms with van der Waals surface area (Å²) in [5.41, 5.74) is 9.86.